The number of nitro benzene ring substituents is 1. The third-order valence-corrected chi connectivity index (χ3v) is 3.62. The van der Waals surface area contributed by atoms with Crippen molar-refractivity contribution in [2.45, 2.75) is 31.6 Å². The smallest absolute Gasteiger partial charge is 0.274 e. The molecule has 1 aliphatic rings. The summed E-state index contributed by atoms with van der Waals surface area (Å²) in [6.45, 7) is 0.584. The summed E-state index contributed by atoms with van der Waals surface area (Å²) in [5.74, 6) is -0.163. The Morgan fingerprint density at radius 2 is 2.14 bits per heavy atom. The van der Waals surface area contributed by atoms with Crippen LogP contribution in [0, 0.1) is 10.1 Å². The number of hydrogen-bond acceptors (Lipinski definition) is 5. The van der Waals surface area contributed by atoms with E-state index in [0.717, 1.165) is 6.42 Å². The minimum atomic E-state index is -0.494. The standard InChI is InChI=1S/C14H19N3O4.ClH/c1-16(14(18)13-7-6-11(8-15)21-13)9-10-4-2-3-5-12(10)17(19)20;/h2-5,11,13H,6-9,15H2,1H3;1H/t11-,13+;/m1./s1. The van der Waals surface area contributed by atoms with E-state index in [2.05, 4.69) is 0 Å². The number of amides is 1. The summed E-state index contributed by atoms with van der Waals surface area (Å²) in [6, 6.07) is 6.41. The van der Waals surface area contributed by atoms with Crippen LogP contribution in [0.15, 0.2) is 24.3 Å². The number of benzene rings is 1. The number of rotatable bonds is 5. The zero-order valence-corrected chi connectivity index (χ0v) is 13.1. The van der Waals surface area contributed by atoms with Gasteiger partial charge in [-0.1, -0.05) is 18.2 Å². The van der Waals surface area contributed by atoms with Crippen LogP contribution in [0.1, 0.15) is 18.4 Å². The first-order valence-electron chi connectivity index (χ1n) is 6.85. The van der Waals surface area contributed by atoms with Gasteiger partial charge in [-0.15, -0.1) is 12.4 Å². The predicted octanol–water partition coefficient (Wildman–Crippen LogP) is 1.48. The van der Waals surface area contributed by atoms with E-state index in [1.165, 1.54) is 11.0 Å². The lowest BCUT2D eigenvalue weighted by atomic mass is 10.1. The maximum absolute atomic E-state index is 12.3. The first kappa shape index (κ1) is 18.3. The van der Waals surface area contributed by atoms with Crippen molar-refractivity contribution in [3.8, 4) is 0 Å². The van der Waals surface area contributed by atoms with Gasteiger partial charge in [0.05, 0.1) is 17.6 Å². The molecule has 1 aromatic carbocycles. The Balaban J connectivity index is 0.00000242. The molecule has 0 radical (unpaired) electrons. The number of ether oxygens (including phenoxy) is 1. The average Bonchev–Trinajstić information content (AvgIpc) is 2.95. The Hall–Kier alpha value is -1.70. The molecule has 0 saturated carbocycles. The Bertz CT molecular complexity index is 541. The molecule has 1 aromatic rings. The Morgan fingerprint density at radius 3 is 2.73 bits per heavy atom. The molecule has 122 valence electrons. The van der Waals surface area contributed by atoms with Crippen molar-refractivity contribution in [1.82, 2.24) is 4.90 Å². The molecule has 2 N–H and O–H groups in total. The number of para-hydroxylation sites is 1. The van der Waals surface area contributed by atoms with Gasteiger partial charge in [0.1, 0.15) is 6.10 Å². The molecular formula is C14H20ClN3O4. The summed E-state index contributed by atoms with van der Waals surface area (Å²) in [7, 11) is 1.62. The summed E-state index contributed by atoms with van der Waals surface area (Å²) in [5.41, 5.74) is 6.05. The largest absolute Gasteiger partial charge is 0.364 e. The third-order valence-electron chi connectivity index (χ3n) is 3.62. The molecular weight excluding hydrogens is 310 g/mol. The maximum Gasteiger partial charge on any atom is 0.274 e. The lowest BCUT2D eigenvalue weighted by molar-refractivity contribution is -0.385. The van der Waals surface area contributed by atoms with Crippen molar-refractivity contribution in [2.75, 3.05) is 13.6 Å². The van der Waals surface area contributed by atoms with Crippen LogP contribution in [0.5, 0.6) is 0 Å². The van der Waals surface area contributed by atoms with Crippen LogP contribution in [0.2, 0.25) is 0 Å². The quantitative estimate of drug-likeness (QED) is 0.651. The number of carbonyl (C=O) groups is 1. The number of halogens is 1. The van der Waals surface area contributed by atoms with Crippen molar-refractivity contribution < 1.29 is 14.5 Å². The van der Waals surface area contributed by atoms with Crippen LogP contribution < -0.4 is 5.73 Å². The number of nitrogens with two attached hydrogens (primary N) is 1. The summed E-state index contributed by atoms with van der Waals surface area (Å²) in [6.07, 6.45) is 0.846. The van der Waals surface area contributed by atoms with Crippen molar-refractivity contribution in [1.29, 1.82) is 0 Å². The van der Waals surface area contributed by atoms with Gasteiger partial charge in [0.15, 0.2) is 0 Å². The van der Waals surface area contributed by atoms with Gasteiger partial charge in [0, 0.05) is 25.2 Å². The first-order valence-corrected chi connectivity index (χ1v) is 6.85. The first-order chi connectivity index (χ1) is 10.0. The summed E-state index contributed by atoms with van der Waals surface area (Å²) in [5, 5.41) is 11.0. The van der Waals surface area contributed by atoms with E-state index in [1.54, 1.807) is 25.2 Å². The molecule has 2 rings (SSSR count). The number of nitro groups is 1. The fourth-order valence-electron chi connectivity index (χ4n) is 2.46. The summed E-state index contributed by atoms with van der Waals surface area (Å²) >= 11 is 0. The molecule has 2 atom stereocenters. The van der Waals surface area contributed by atoms with E-state index in [9.17, 15) is 14.9 Å². The van der Waals surface area contributed by atoms with Crippen LogP contribution in [0.25, 0.3) is 0 Å². The van der Waals surface area contributed by atoms with Gasteiger partial charge in [0.25, 0.3) is 11.6 Å². The van der Waals surface area contributed by atoms with Gasteiger partial charge in [-0.05, 0) is 12.8 Å². The third kappa shape index (κ3) is 4.16. The molecule has 22 heavy (non-hydrogen) atoms. The van der Waals surface area contributed by atoms with Crippen LogP contribution in [0.4, 0.5) is 5.69 Å². The number of nitrogens with zero attached hydrogens (tertiary/aromatic N) is 2. The van der Waals surface area contributed by atoms with E-state index < -0.39 is 11.0 Å². The normalized spacial score (nSPS) is 20.3. The molecule has 1 saturated heterocycles. The SMILES string of the molecule is CN(Cc1ccccc1[N+](=O)[O-])C(=O)[C@@H]1CC[C@H](CN)O1.Cl. The number of likely N-dealkylation sites (N-methyl/N-ethyl adjacent to an activating group) is 1. The highest BCUT2D eigenvalue weighted by Crippen LogP contribution is 2.23. The van der Waals surface area contributed by atoms with E-state index in [-0.39, 0.29) is 36.7 Å². The predicted molar refractivity (Wildman–Crippen MR) is 83.8 cm³/mol. The van der Waals surface area contributed by atoms with E-state index in [4.69, 9.17) is 10.5 Å². The number of carbonyl (C=O) groups excluding carboxylic acids is 1. The number of hydrogen-bond donors (Lipinski definition) is 1. The minimum Gasteiger partial charge on any atom is -0.364 e. The highest BCUT2D eigenvalue weighted by molar-refractivity contribution is 5.85. The van der Waals surface area contributed by atoms with E-state index in [1.807, 2.05) is 0 Å². The molecule has 1 fully saturated rings. The second kappa shape index (κ2) is 8.07. The molecule has 7 nitrogen and oxygen atoms in total. The summed E-state index contributed by atoms with van der Waals surface area (Å²) in [4.78, 5) is 24.3. The Morgan fingerprint density at radius 1 is 1.45 bits per heavy atom. The van der Waals surface area contributed by atoms with Gasteiger partial charge >= 0.3 is 0 Å². The fraction of sp³-hybridized carbons (Fsp3) is 0.500. The lowest BCUT2D eigenvalue weighted by Crippen LogP contribution is -2.36. The van der Waals surface area contributed by atoms with Crippen LogP contribution in [-0.2, 0) is 16.1 Å². The topological polar surface area (TPSA) is 98.7 Å². The van der Waals surface area contributed by atoms with Crippen LogP contribution in [0.3, 0.4) is 0 Å². The van der Waals surface area contributed by atoms with Crippen molar-refractivity contribution in [2.24, 2.45) is 5.73 Å². The lowest BCUT2D eigenvalue weighted by Gasteiger charge is -2.21. The average molecular weight is 330 g/mol. The van der Waals surface area contributed by atoms with Crippen molar-refractivity contribution >= 4 is 24.0 Å². The van der Waals surface area contributed by atoms with Gasteiger partial charge in [0.2, 0.25) is 0 Å². The zero-order chi connectivity index (χ0) is 15.4. The van der Waals surface area contributed by atoms with Gasteiger partial charge < -0.3 is 15.4 Å². The molecule has 0 aromatic heterocycles. The molecule has 0 bridgehead atoms. The summed E-state index contributed by atoms with van der Waals surface area (Å²) < 4.78 is 5.56. The van der Waals surface area contributed by atoms with Gasteiger partial charge in [-0.3, -0.25) is 14.9 Å². The molecule has 1 amide bonds. The zero-order valence-electron chi connectivity index (χ0n) is 12.3. The van der Waals surface area contributed by atoms with E-state index in [0.29, 0.717) is 18.5 Å². The highest BCUT2D eigenvalue weighted by atomic mass is 35.5. The fourth-order valence-corrected chi connectivity index (χ4v) is 2.46. The minimum absolute atomic E-state index is 0. The molecule has 8 heteroatoms. The van der Waals surface area contributed by atoms with Crippen molar-refractivity contribution in [3.63, 3.8) is 0 Å². The molecule has 0 spiro atoms. The van der Waals surface area contributed by atoms with Crippen LogP contribution in [-0.4, -0.2) is 41.5 Å². The van der Waals surface area contributed by atoms with Crippen LogP contribution >= 0.6 is 12.4 Å². The maximum atomic E-state index is 12.3. The van der Waals surface area contributed by atoms with Gasteiger partial charge in [-0.25, -0.2) is 0 Å². The highest BCUT2D eigenvalue weighted by Gasteiger charge is 2.32. The second-order valence-corrected chi connectivity index (χ2v) is 5.14. The second-order valence-electron chi connectivity index (χ2n) is 5.14. The Labute approximate surface area is 135 Å². The van der Waals surface area contributed by atoms with E-state index >= 15 is 0 Å². The molecule has 0 aliphatic carbocycles. The van der Waals surface area contributed by atoms with Gasteiger partial charge in [-0.2, -0.15) is 0 Å². The Kier molecular flexibility index (Phi) is 6.73. The molecule has 0 unspecified atom stereocenters. The molecule has 1 heterocycles. The van der Waals surface area contributed by atoms with Crippen molar-refractivity contribution in [3.05, 3.63) is 39.9 Å². The monoisotopic (exact) mass is 329 g/mol. The molecule has 1 aliphatic heterocycles.